The van der Waals surface area contributed by atoms with E-state index in [1.165, 1.54) is 11.8 Å². The van der Waals surface area contributed by atoms with Crippen LogP contribution in [-0.2, 0) is 9.59 Å². The number of carbonyl (C=O) groups excluding carboxylic acids is 2. The van der Waals surface area contributed by atoms with Crippen molar-refractivity contribution in [3.63, 3.8) is 0 Å². The fraction of sp³-hybridized carbons (Fsp3) is 0.211. The first-order valence-electron chi connectivity index (χ1n) is 8.48. The molecule has 0 aliphatic carbocycles. The predicted molar refractivity (Wildman–Crippen MR) is 114 cm³/mol. The predicted octanol–water partition coefficient (Wildman–Crippen LogP) is 4.64. The standard InChI is InChI=1S/C19H17Cl2N3O3S/c1-2-27-13-6-3-11(4-7-13)22-18(26)16-10-17(25)24-19(28-16)23-12-5-8-14(20)15(21)9-12/h3-9,16H,2,10H2,1H3,(H,22,26)(H,23,24,25)/t16-/m0/s1. The fourth-order valence-corrected chi connectivity index (χ4v) is 3.73. The maximum atomic E-state index is 12.6. The molecule has 146 valence electrons. The molecule has 0 bridgehead atoms. The summed E-state index contributed by atoms with van der Waals surface area (Å²) in [6, 6.07) is 11.9. The minimum Gasteiger partial charge on any atom is -0.494 e. The van der Waals surface area contributed by atoms with Crippen molar-refractivity contribution in [2.45, 2.75) is 18.6 Å². The van der Waals surface area contributed by atoms with Crippen LogP contribution < -0.4 is 15.4 Å². The molecule has 6 nitrogen and oxygen atoms in total. The zero-order valence-electron chi connectivity index (χ0n) is 14.9. The smallest absolute Gasteiger partial charge is 0.238 e. The quantitative estimate of drug-likeness (QED) is 0.713. The molecular formula is C19H17Cl2N3O3S. The molecule has 0 aromatic heterocycles. The molecule has 0 spiro atoms. The van der Waals surface area contributed by atoms with Crippen LogP contribution in [0.5, 0.6) is 5.75 Å². The van der Waals surface area contributed by atoms with E-state index in [9.17, 15) is 9.59 Å². The lowest BCUT2D eigenvalue weighted by Crippen LogP contribution is -2.41. The second-order valence-corrected chi connectivity index (χ2v) is 7.83. The highest BCUT2D eigenvalue weighted by atomic mass is 35.5. The van der Waals surface area contributed by atoms with E-state index < -0.39 is 5.25 Å². The van der Waals surface area contributed by atoms with Gasteiger partial charge in [0.2, 0.25) is 11.8 Å². The Morgan fingerprint density at radius 1 is 1.25 bits per heavy atom. The summed E-state index contributed by atoms with van der Waals surface area (Å²) >= 11 is 13.1. The SMILES string of the molecule is CCOc1ccc(NC(=O)[C@@H]2CC(=O)NC(=Nc3ccc(Cl)c(Cl)c3)S2)cc1. The van der Waals surface area contributed by atoms with Crippen molar-refractivity contribution >= 4 is 63.3 Å². The van der Waals surface area contributed by atoms with Crippen LogP contribution in [-0.4, -0.2) is 28.8 Å². The van der Waals surface area contributed by atoms with Gasteiger partial charge in [-0.2, -0.15) is 0 Å². The molecule has 2 N–H and O–H groups in total. The number of carbonyl (C=O) groups is 2. The third-order valence-electron chi connectivity index (χ3n) is 3.73. The molecule has 1 heterocycles. The van der Waals surface area contributed by atoms with E-state index in [0.717, 1.165) is 5.75 Å². The summed E-state index contributed by atoms with van der Waals surface area (Å²) in [5, 5.41) is 6.00. The van der Waals surface area contributed by atoms with Gasteiger partial charge in [-0.15, -0.1) is 0 Å². The molecule has 9 heteroatoms. The molecule has 2 amide bonds. The number of hydrogen-bond donors (Lipinski definition) is 2. The Hall–Kier alpha value is -2.22. The summed E-state index contributed by atoms with van der Waals surface area (Å²) in [6.45, 7) is 2.47. The van der Waals surface area contributed by atoms with Crippen molar-refractivity contribution in [2.24, 2.45) is 4.99 Å². The molecule has 1 atom stereocenters. The van der Waals surface area contributed by atoms with Gasteiger partial charge >= 0.3 is 0 Å². The van der Waals surface area contributed by atoms with Crippen LogP contribution in [0.1, 0.15) is 13.3 Å². The number of amides is 2. The Balaban J connectivity index is 1.69. The highest BCUT2D eigenvalue weighted by molar-refractivity contribution is 8.15. The number of benzene rings is 2. The van der Waals surface area contributed by atoms with E-state index in [1.807, 2.05) is 6.92 Å². The van der Waals surface area contributed by atoms with Crippen LogP contribution in [0.2, 0.25) is 10.0 Å². The summed E-state index contributed by atoms with van der Waals surface area (Å²) in [5.74, 6) is 0.179. The number of aliphatic imine (C=N–C) groups is 1. The van der Waals surface area contributed by atoms with Gasteiger partial charge in [-0.1, -0.05) is 35.0 Å². The Bertz CT molecular complexity index is 919. The van der Waals surface area contributed by atoms with Gasteiger partial charge in [0, 0.05) is 12.1 Å². The van der Waals surface area contributed by atoms with Gasteiger partial charge < -0.3 is 15.4 Å². The number of nitrogens with zero attached hydrogens (tertiary/aromatic N) is 1. The number of amidine groups is 1. The van der Waals surface area contributed by atoms with E-state index in [4.69, 9.17) is 27.9 Å². The first kappa shape index (κ1) is 20.5. The van der Waals surface area contributed by atoms with Crippen LogP contribution in [0.3, 0.4) is 0 Å². The maximum absolute atomic E-state index is 12.6. The molecule has 1 aliphatic rings. The third kappa shape index (κ3) is 5.41. The lowest BCUT2D eigenvalue weighted by molar-refractivity contribution is -0.123. The number of halogens is 2. The van der Waals surface area contributed by atoms with Crippen LogP contribution >= 0.6 is 35.0 Å². The van der Waals surface area contributed by atoms with Crippen LogP contribution in [0.25, 0.3) is 0 Å². The molecular weight excluding hydrogens is 421 g/mol. The number of rotatable bonds is 5. The Morgan fingerprint density at radius 2 is 2.00 bits per heavy atom. The van der Waals surface area contributed by atoms with Crippen molar-refractivity contribution in [1.82, 2.24) is 5.32 Å². The molecule has 1 saturated heterocycles. The molecule has 2 aromatic carbocycles. The third-order valence-corrected chi connectivity index (χ3v) is 5.55. The van der Waals surface area contributed by atoms with Crippen molar-refractivity contribution < 1.29 is 14.3 Å². The normalized spacial score (nSPS) is 17.9. The Morgan fingerprint density at radius 3 is 2.68 bits per heavy atom. The topological polar surface area (TPSA) is 79.8 Å². The van der Waals surface area contributed by atoms with E-state index >= 15 is 0 Å². The molecule has 1 fully saturated rings. The van der Waals surface area contributed by atoms with Crippen molar-refractivity contribution in [2.75, 3.05) is 11.9 Å². The van der Waals surface area contributed by atoms with Gasteiger partial charge in [-0.25, -0.2) is 4.99 Å². The van der Waals surface area contributed by atoms with E-state index in [-0.39, 0.29) is 18.2 Å². The van der Waals surface area contributed by atoms with Gasteiger partial charge in [0.15, 0.2) is 5.17 Å². The minimum atomic E-state index is -0.596. The molecule has 3 rings (SSSR count). The van der Waals surface area contributed by atoms with E-state index in [2.05, 4.69) is 15.6 Å². The average molecular weight is 438 g/mol. The van der Waals surface area contributed by atoms with Crippen LogP contribution in [0.4, 0.5) is 11.4 Å². The number of hydrogen-bond acceptors (Lipinski definition) is 5. The van der Waals surface area contributed by atoms with Gasteiger partial charge in [-0.3, -0.25) is 9.59 Å². The number of thioether (sulfide) groups is 1. The summed E-state index contributed by atoms with van der Waals surface area (Å²) in [4.78, 5) is 29.0. The summed E-state index contributed by atoms with van der Waals surface area (Å²) in [7, 11) is 0. The number of ether oxygens (including phenoxy) is 1. The number of anilines is 1. The van der Waals surface area contributed by atoms with Crippen LogP contribution in [0, 0.1) is 0 Å². The van der Waals surface area contributed by atoms with E-state index in [1.54, 1.807) is 42.5 Å². The van der Waals surface area contributed by atoms with E-state index in [0.29, 0.717) is 33.2 Å². The maximum Gasteiger partial charge on any atom is 0.238 e. The lowest BCUT2D eigenvalue weighted by atomic mass is 10.2. The molecule has 2 aromatic rings. The van der Waals surface area contributed by atoms with Crippen molar-refractivity contribution in [1.29, 1.82) is 0 Å². The minimum absolute atomic E-state index is 0.0634. The second-order valence-electron chi connectivity index (χ2n) is 5.82. The lowest BCUT2D eigenvalue weighted by Gasteiger charge is -2.22. The largest absolute Gasteiger partial charge is 0.494 e. The van der Waals surface area contributed by atoms with Crippen molar-refractivity contribution in [3.05, 3.63) is 52.5 Å². The van der Waals surface area contributed by atoms with Gasteiger partial charge in [0.05, 0.1) is 22.3 Å². The average Bonchev–Trinajstić information content (AvgIpc) is 2.66. The number of nitrogens with one attached hydrogen (secondary N) is 2. The second kappa shape index (κ2) is 9.32. The highest BCUT2D eigenvalue weighted by Gasteiger charge is 2.30. The zero-order chi connectivity index (χ0) is 20.1. The van der Waals surface area contributed by atoms with Gasteiger partial charge in [0.1, 0.15) is 11.0 Å². The summed E-state index contributed by atoms with van der Waals surface area (Å²) in [6.07, 6.45) is 0.0634. The molecule has 0 radical (unpaired) electrons. The monoisotopic (exact) mass is 437 g/mol. The Labute approximate surface area is 176 Å². The van der Waals surface area contributed by atoms with Crippen molar-refractivity contribution in [3.8, 4) is 5.75 Å². The van der Waals surface area contributed by atoms with Crippen LogP contribution in [0.15, 0.2) is 47.5 Å². The molecule has 0 unspecified atom stereocenters. The Kier molecular flexibility index (Phi) is 6.83. The summed E-state index contributed by atoms with van der Waals surface area (Å²) < 4.78 is 5.38. The molecule has 0 saturated carbocycles. The van der Waals surface area contributed by atoms with Gasteiger partial charge in [0.25, 0.3) is 0 Å². The first-order valence-corrected chi connectivity index (χ1v) is 10.1. The highest BCUT2D eigenvalue weighted by Crippen LogP contribution is 2.29. The zero-order valence-corrected chi connectivity index (χ0v) is 17.2. The van der Waals surface area contributed by atoms with Gasteiger partial charge in [-0.05, 0) is 49.4 Å². The fourth-order valence-electron chi connectivity index (χ4n) is 2.44. The summed E-state index contributed by atoms with van der Waals surface area (Å²) in [5.41, 5.74) is 1.16. The first-order chi connectivity index (χ1) is 13.4. The molecule has 28 heavy (non-hydrogen) atoms. The molecule has 1 aliphatic heterocycles.